The Balaban J connectivity index is 1.77. The monoisotopic (exact) mass is 306 g/mol. The highest BCUT2D eigenvalue weighted by molar-refractivity contribution is 5.81. The molecule has 0 radical (unpaired) electrons. The average molecular weight is 306 g/mol. The Labute approximate surface area is 132 Å². The summed E-state index contributed by atoms with van der Waals surface area (Å²) in [4.78, 5) is 14.6. The van der Waals surface area contributed by atoms with Crippen molar-refractivity contribution in [3.8, 4) is 5.75 Å². The maximum atomic E-state index is 12.3. The number of nitrogens with zero attached hydrogens (tertiary/aromatic N) is 1. The fraction of sp³-hybridized carbons (Fsp3) is 0.588. The zero-order valence-corrected chi connectivity index (χ0v) is 13.5. The van der Waals surface area contributed by atoms with Gasteiger partial charge in [-0.3, -0.25) is 9.69 Å². The van der Waals surface area contributed by atoms with Gasteiger partial charge in [0.1, 0.15) is 5.75 Å². The van der Waals surface area contributed by atoms with Crippen LogP contribution in [-0.2, 0) is 9.53 Å². The van der Waals surface area contributed by atoms with Crippen LogP contribution in [0.5, 0.6) is 5.75 Å². The number of carbonyl (C=O) groups is 1. The molecule has 0 unspecified atom stereocenters. The minimum atomic E-state index is -0.439. The molecule has 1 N–H and O–H groups in total. The Kier molecular flexibility index (Phi) is 6.68. The van der Waals surface area contributed by atoms with Gasteiger partial charge >= 0.3 is 0 Å². The standard InChI is InChI=1S/C17H26N2O3/c1-3-15(22-16-7-5-4-6-14(16)2)17(20)18-8-9-19-10-12-21-13-11-19/h4-7,15H,3,8-13H2,1-2H3,(H,18,20)/t15-/m0/s1. The summed E-state index contributed by atoms with van der Waals surface area (Å²) in [5, 5.41) is 2.97. The zero-order chi connectivity index (χ0) is 15.8. The predicted octanol–water partition coefficient (Wildman–Crippen LogP) is 1.60. The van der Waals surface area contributed by atoms with E-state index in [0.29, 0.717) is 13.0 Å². The Morgan fingerprint density at radius 2 is 2.09 bits per heavy atom. The molecule has 1 aromatic rings. The summed E-state index contributed by atoms with van der Waals surface area (Å²) < 4.78 is 11.2. The minimum Gasteiger partial charge on any atom is -0.480 e. The van der Waals surface area contributed by atoms with Gasteiger partial charge in [0.25, 0.3) is 5.91 Å². The van der Waals surface area contributed by atoms with Crippen molar-refractivity contribution in [2.45, 2.75) is 26.4 Å². The van der Waals surface area contributed by atoms with Gasteiger partial charge in [-0.1, -0.05) is 25.1 Å². The summed E-state index contributed by atoms with van der Waals surface area (Å²) in [5.74, 6) is 0.733. The molecule has 1 saturated heterocycles. The molecule has 0 spiro atoms. The molecule has 5 heteroatoms. The van der Waals surface area contributed by atoms with E-state index in [2.05, 4.69) is 10.2 Å². The summed E-state index contributed by atoms with van der Waals surface area (Å²) in [6.07, 6.45) is 0.211. The lowest BCUT2D eigenvalue weighted by atomic mass is 10.2. The van der Waals surface area contributed by atoms with Crippen LogP contribution in [0.15, 0.2) is 24.3 Å². The highest BCUT2D eigenvalue weighted by Gasteiger charge is 2.19. The van der Waals surface area contributed by atoms with E-state index in [1.807, 2.05) is 38.1 Å². The molecule has 5 nitrogen and oxygen atoms in total. The molecule has 2 rings (SSSR count). The van der Waals surface area contributed by atoms with Crippen molar-refractivity contribution in [3.05, 3.63) is 29.8 Å². The number of carbonyl (C=O) groups excluding carboxylic acids is 1. The second-order valence-corrected chi connectivity index (χ2v) is 5.53. The number of ether oxygens (including phenoxy) is 2. The number of rotatable bonds is 7. The van der Waals surface area contributed by atoms with Crippen molar-refractivity contribution in [2.75, 3.05) is 39.4 Å². The number of hydrogen-bond donors (Lipinski definition) is 1. The molecule has 1 amide bonds. The third kappa shape index (κ3) is 5.00. The maximum Gasteiger partial charge on any atom is 0.261 e. The molecule has 0 bridgehead atoms. The van der Waals surface area contributed by atoms with Crippen LogP contribution in [0, 0.1) is 6.92 Å². The third-order valence-corrected chi connectivity index (χ3v) is 3.86. The number of hydrogen-bond acceptors (Lipinski definition) is 4. The molecule has 0 aliphatic carbocycles. The summed E-state index contributed by atoms with van der Waals surface area (Å²) in [7, 11) is 0. The van der Waals surface area contributed by atoms with Crippen LogP contribution in [0.25, 0.3) is 0 Å². The zero-order valence-electron chi connectivity index (χ0n) is 13.5. The van der Waals surface area contributed by atoms with E-state index in [-0.39, 0.29) is 5.91 Å². The van der Waals surface area contributed by atoms with Crippen molar-refractivity contribution in [2.24, 2.45) is 0 Å². The molecule has 22 heavy (non-hydrogen) atoms. The first-order valence-corrected chi connectivity index (χ1v) is 8.00. The maximum absolute atomic E-state index is 12.3. The van der Waals surface area contributed by atoms with Crippen molar-refractivity contribution in [1.82, 2.24) is 10.2 Å². The molecule has 1 fully saturated rings. The van der Waals surface area contributed by atoms with Gasteiger partial charge in [-0.05, 0) is 25.0 Å². The number of amides is 1. The number of para-hydroxylation sites is 1. The largest absolute Gasteiger partial charge is 0.480 e. The van der Waals surface area contributed by atoms with Gasteiger partial charge in [-0.25, -0.2) is 0 Å². The van der Waals surface area contributed by atoms with Gasteiger partial charge in [0, 0.05) is 26.2 Å². The molecule has 1 atom stereocenters. The molecule has 1 aromatic carbocycles. The second-order valence-electron chi connectivity index (χ2n) is 5.53. The molecule has 0 saturated carbocycles. The number of morpholine rings is 1. The van der Waals surface area contributed by atoms with E-state index >= 15 is 0 Å². The van der Waals surface area contributed by atoms with Crippen LogP contribution < -0.4 is 10.1 Å². The Morgan fingerprint density at radius 1 is 1.36 bits per heavy atom. The molecule has 0 aromatic heterocycles. The molecule has 1 heterocycles. The van der Waals surface area contributed by atoms with Gasteiger partial charge in [0.05, 0.1) is 13.2 Å². The first-order valence-electron chi connectivity index (χ1n) is 8.00. The van der Waals surface area contributed by atoms with E-state index in [0.717, 1.165) is 44.2 Å². The molecule has 1 aliphatic heterocycles. The van der Waals surface area contributed by atoms with Crippen LogP contribution in [0.4, 0.5) is 0 Å². The summed E-state index contributed by atoms with van der Waals surface area (Å²) in [5.41, 5.74) is 1.04. The highest BCUT2D eigenvalue weighted by atomic mass is 16.5. The summed E-state index contributed by atoms with van der Waals surface area (Å²) in [6.45, 7) is 8.88. The van der Waals surface area contributed by atoms with E-state index in [9.17, 15) is 4.79 Å². The lowest BCUT2D eigenvalue weighted by molar-refractivity contribution is -0.128. The Morgan fingerprint density at radius 3 is 2.77 bits per heavy atom. The van der Waals surface area contributed by atoms with Crippen molar-refractivity contribution < 1.29 is 14.3 Å². The Hall–Kier alpha value is -1.59. The van der Waals surface area contributed by atoms with Crippen molar-refractivity contribution >= 4 is 5.91 Å². The third-order valence-electron chi connectivity index (χ3n) is 3.86. The van der Waals surface area contributed by atoms with E-state index < -0.39 is 6.10 Å². The quantitative estimate of drug-likeness (QED) is 0.831. The van der Waals surface area contributed by atoms with Gasteiger partial charge in [0.15, 0.2) is 6.10 Å². The highest BCUT2D eigenvalue weighted by Crippen LogP contribution is 2.18. The first-order chi connectivity index (χ1) is 10.7. The van der Waals surface area contributed by atoms with Crippen LogP contribution >= 0.6 is 0 Å². The number of benzene rings is 1. The minimum absolute atomic E-state index is 0.0426. The lowest BCUT2D eigenvalue weighted by Gasteiger charge is -2.27. The van der Waals surface area contributed by atoms with Crippen LogP contribution in [0.1, 0.15) is 18.9 Å². The predicted molar refractivity (Wildman–Crippen MR) is 86.2 cm³/mol. The van der Waals surface area contributed by atoms with Crippen LogP contribution in [0.3, 0.4) is 0 Å². The van der Waals surface area contributed by atoms with Crippen LogP contribution in [-0.4, -0.2) is 56.3 Å². The molecular formula is C17H26N2O3. The van der Waals surface area contributed by atoms with E-state index in [1.165, 1.54) is 0 Å². The number of aryl methyl sites for hydroxylation is 1. The van der Waals surface area contributed by atoms with Gasteiger partial charge < -0.3 is 14.8 Å². The summed E-state index contributed by atoms with van der Waals surface area (Å²) in [6, 6.07) is 7.77. The van der Waals surface area contributed by atoms with Gasteiger partial charge in [-0.15, -0.1) is 0 Å². The second kappa shape index (κ2) is 8.76. The molecule has 1 aliphatic rings. The average Bonchev–Trinajstić information content (AvgIpc) is 2.55. The number of nitrogens with one attached hydrogen (secondary N) is 1. The molecule has 122 valence electrons. The fourth-order valence-corrected chi connectivity index (χ4v) is 2.44. The normalized spacial score (nSPS) is 17.0. The Bertz CT molecular complexity index is 473. The van der Waals surface area contributed by atoms with Gasteiger partial charge in [-0.2, -0.15) is 0 Å². The fourth-order valence-electron chi connectivity index (χ4n) is 2.44. The lowest BCUT2D eigenvalue weighted by Crippen LogP contribution is -2.44. The van der Waals surface area contributed by atoms with Crippen molar-refractivity contribution in [1.29, 1.82) is 0 Å². The van der Waals surface area contributed by atoms with Crippen molar-refractivity contribution in [3.63, 3.8) is 0 Å². The topological polar surface area (TPSA) is 50.8 Å². The van der Waals surface area contributed by atoms with Gasteiger partial charge in [0.2, 0.25) is 0 Å². The first kappa shape index (κ1) is 16.8. The van der Waals surface area contributed by atoms with E-state index in [4.69, 9.17) is 9.47 Å². The smallest absolute Gasteiger partial charge is 0.261 e. The summed E-state index contributed by atoms with van der Waals surface area (Å²) >= 11 is 0. The van der Waals surface area contributed by atoms with E-state index in [1.54, 1.807) is 0 Å². The SMILES string of the molecule is CC[C@H](Oc1ccccc1C)C(=O)NCCN1CCOCC1. The molecular weight excluding hydrogens is 280 g/mol. The van der Waals surface area contributed by atoms with Crippen LogP contribution in [0.2, 0.25) is 0 Å².